The van der Waals surface area contributed by atoms with Crippen molar-refractivity contribution >= 4 is 103 Å². The van der Waals surface area contributed by atoms with Crippen molar-refractivity contribution in [3.63, 3.8) is 0 Å². The Hall–Kier alpha value is -13.5. The Kier molecular flexibility index (Phi) is 19.8. The quantitative estimate of drug-likeness (QED) is 0.0393. The molecule has 101 heavy (non-hydrogen) atoms. The number of amides is 8. The lowest BCUT2D eigenvalue weighted by atomic mass is 9.92. The van der Waals surface area contributed by atoms with Gasteiger partial charge >= 0.3 is 12.1 Å². The third kappa shape index (κ3) is 13.8. The van der Waals surface area contributed by atoms with Crippen LogP contribution < -0.4 is 54.1 Å². The van der Waals surface area contributed by atoms with Gasteiger partial charge in [0.15, 0.2) is 11.5 Å². The molecule has 10 aromatic carbocycles. The zero-order chi connectivity index (χ0) is 72.0. The topological polar surface area (TPSA) is 339 Å². The van der Waals surface area contributed by atoms with Gasteiger partial charge in [-0.3, -0.25) is 59.2 Å². The number of aliphatic hydroxyl groups excluding tert-OH is 1. The van der Waals surface area contributed by atoms with E-state index in [-0.39, 0.29) is 93.3 Å². The molecule has 514 valence electrons. The number of carbonyl (C=O) groups excluding carboxylic acids is 6. The van der Waals surface area contributed by atoms with Crippen LogP contribution in [0.4, 0.5) is 55.1 Å². The van der Waals surface area contributed by atoms with Crippen molar-refractivity contribution in [2.24, 2.45) is 5.41 Å². The van der Waals surface area contributed by atoms with E-state index in [4.69, 9.17) is 23.7 Å². The lowest BCUT2D eigenvalue weighted by molar-refractivity contribution is -0.385. The molecule has 8 amide bonds. The number of hydrogen-bond acceptors (Lipinski definition) is 20. The van der Waals surface area contributed by atoms with Crippen LogP contribution >= 0.6 is 0 Å². The molecule has 2 saturated heterocycles. The Morgan fingerprint density at radius 2 is 0.941 bits per heavy atom. The van der Waals surface area contributed by atoms with Crippen LogP contribution in [0.25, 0.3) is 21.5 Å². The van der Waals surface area contributed by atoms with Crippen molar-refractivity contribution in [3.8, 4) is 51.7 Å². The number of nitrogens with one attached hydrogen (secondary N) is 2. The van der Waals surface area contributed by atoms with Crippen molar-refractivity contribution < 1.29 is 77.6 Å². The maximum absolute atomic E-state index is 14.2. The molecule has 28 nitrogen and oxygen atoms in total. The minimum atomic E-state index is -1.32. The number of imide groups is 2. The van der Waals surface area contributed by atoms with Crippen LogP contribution in [0.15, 0.2) is 200 Å². The fourth-order valence-electron chi connectivity index (χ4n) is 11.4. The number of nitro groups is 2. The number of nitro benzene ring substituents is 2. The first-order valence-electron chi connectivity index (χ1n) is 31.0. The van der Waals surface area contributed by atoms with E-state index in [0.29, 0.717) is 56.2 Å². The third-order valence-corrected chi connectivity index (χ3v) is 16.8. The Morgan fingerprint density at radius 1 is 0.515 bits per heavy atom. The summed E-state index contributed by atoms with van der Waals surface area (Å²) >= 11 is 0. The first-order chi connectivity index (χ1) is 48.6. The Morgan fingerprint density at radius 3 is 1.39 bits per heavy atom. The second kappa shape index (κ2) is 29.1. The number of aliphatic hydroxyl groups is 1. The third-order valence-electron chi connectivity index (χ3n) is 16.8. The van der Waals surface area contributed by atoms with E-state index >= 15 is 0 Å². The van der Waals surface area contributed by atoms with Gasteiger partial charge in [0.05, 0.1) is 95.0 Å². The van der Waals surface area contributed by atoms with Gasteiger partial charge in [0.1, 0.15) is 40.2 Å². The molecule has 0 aromatic heterocycles. The number of hydrazine groups is 2. The van der Waals surface area contributed by atoms with Gasteiger partial charge in [0.25, 0.3) is 35.0 Å². The number of aromatic hydroxyl groups is 2. The van der Waals surface area contributed by atoms with E-state index in [0.717, 1.165) is 32.0 Å². The van der Waals surface area contributed by atoms with Crippen molar-refractivity contribution in [2.45, 2.75) is 13.3 Å². The summed E-state index contributed by atoms with van der Waals surface area (Å²) in [5, 5.41) is 68.0. The first kappa shape index (κ1) is 68.9. The summed E-state index contributed by atoms with van der Waals surface area (Å²) in [6.07, 6.45) is 0.0586. The lowest BCUT2D eigenvalue weighted by Crippen LogP contribution is -2.50. The number of anilines is 6. The number of ether oxygens (including phenoxy) is 5. The van der Waals surface area contributed by atoms with Crippen molar-refractivity contribution in [3.05, 3.63) is 232 Å². The van der Waals surface area contributed by atoms with Gasteiger partial charge in [-0.1, -0.05) is 91.0 Å². The number of para-hydroxylation sites is 5. The highest BCUT2D eigenvalue weighted by atomic mass is 16.6. The Balaban J connectivity index is 0.000000203. The van der Waals surface area contributed by atoms with Crippen LogP contribution in [-0.4, -0.2) is 126 Å². The summed E-state index contributed by atoms with van der Waals surface area (Å²) in [4.78, 5) is 107. The van der Waals surface area contributed by atoms with Crippen LogP contribution in [0.5, 0.6) is 51.7 Å². The molecule has 12 rings (SSSR count). The normalized spacial score (nSPS) is 14.0. The van der Waals surface area contributed by atoms with Gasteiger partial charge < -0.3 is 49.6 Å². The Labute approximate surface area is 575 Å². The lowest BCUT2D eigenvalue weighted by Gasteiger charge is -2.31. The predicted octanol–water partition coefficient (Wildman–Crippen LogP) is 13.1. The summed E-state index contributed by atoms with van der Waals surface area (Å²) in [6.45, 7) is 1.22. The summed E-state index contributed by atoms with van der Waals surface area (Å²) in [7, 11) is 7.15. The fraction of sp³-hybridized carbons (Fsp3) is 0.151. The van der Waals surface area contributed by atoms with Crippen molar-refractivity contribution in [2.75, 3.05) is 85.6 Å². The van der Waals surface area contributed by atoms with Gasteiger partial charge in [-0.25, -0.2) is 9.59 Å². The van der Waals surface area contributed by atoms with E-state index in [2.05, 4.69) is 10.6 Å². The number of non-ortho nitro benzene ring substituents is 2. The summed E-state index contributed by atoms with van der Waals surface area (Å²) < 4.78 is 28.6. The Bertz CT molecular complexity index is 4930. The average Bonchev–Trinajstić information content (AvgIpc) is 1.73. The van der Waals surface area contributed by atoms with Crippen LogP contribution in [0.1, 0.15) is 34.1 Å². The van der Waals surface area contributed by atoms with E-state index in [1.165, 1.54) is 88.8 Å². The van der Waals surface area contributed by atoms with Gasteiger partial charge in [-0.05, 0) is 91.9 Å². The summed E-state index contributed by atoms with van der Waals surface area (Å²) in [5.41, 5.74) is -0.610. The molecule has 5 N–H and O–H groups in total. The van der Waals surface area contributed by atoms with Crippen LogP contribution in [0.3, 0.4) is 0 Å². The predicted molar refractivity (Wildman–Crippen MR) is 375 cm³/mol. The second-order valence-corrected chi connectivity index (χ2v) is 23.2. The van der Waals surface area contributed by atoms with Gasteiger partial charge in [-0.2, -0.15) is 10.0 Å². The molecular weight excluding hydrogens is 1300 g/mol. The number of fused-ring (bicyclic) bond motifs is 2. The van der Waals surface area contributed by atoms with E-state index < -0.39 is 57.6 Å². The maximum atomic E-state index is 14.2. The van der Waals surface area contributed by atoms with Gasteiger partial charge in [0.2, 0.25) is 0 Å². The van der Waals surface area contributed by atoms with Crippen LogP contribution in [0.2, 0.25) is 0 Å². The molecule has 2 aliphatic heterocycles. The SMILES string of the molecule is COc1ccc(N2CCC(=O)N2C(=O)N(C)c2cc([N+](=O)[O-])ccc2Oc2cc(C(=O)Nc3ccccc3OC)c(O)c3ccccc23)cc1.COc1ccccc1NC(=O)c1cc(Oc2ccc([N+](=O)[O-])cc2N(C)C(=O)N2C(=O)C(C)(CO)CN2c2ccccc2)c2ccccc2c1O. The standard InChI is InChI=1S/C37H33N5O9.C36H31N5O9/c1-37(22-43)21-40(23-11-5-4-6-12-23)41(35(37)46)36(47)39(2)29-19-24(42(48)49)17-18-31(29)51-32-20-27(33(44)26-14-8-7-13-25(26)32)34(45)38-28-15-9-10-16-30(28)50-3;1-38(36(45)40-33(42)18-19-39(40)22-12-15-24(48-2)16-13-22)29-20-23(41(46)47)14-17-31(29)50-32-21-27(34(43)26-9-5-4-8-25(26)32)35(44)37-28-10-6-7-11-30(28)49-3/h4-20,43-44H,21-22H2,1-3H3,(H,38,45);4-17,20-21,43H,18-19H2,1-3H3,(H,37,44). The fourth-order valence-corrected chi connectivity index (χ4v) is 11.4. The maximum Gasteiger partial charge on any atom is 0.350 e. The molecular formula is C73H64N10O18. The molecule has 1 atom stereocenters. The number of carbonyl (C=O) groups is 6. The average molecular weight is 1370 g/mol. The number of phenols is 2. The number of hydrogen-bond donors (Lipinski definition) is 5. The molecule has 2 heterocycles. The summed E-state index contributed by atoms with van der Waals surface area (Å²) in [6, 6.07) is 50.6. The molecule has 0 radical (unpaired) electrons. The number of methoxy groups -OCH3 is 3. The van der Waals surface area contributed by atoms with E-state index in [1.807, 2.05) is 0 Å². The number of nitrogens with zero attached hydrogens (tertiary/aromatic N) is 8. The molecule has 0 saturated carbocycles. The highest BCUT2D eigenvalue weighted by molar-refractivity contribution is 6.14. The zero-order valence-corrected chi connectivity index (χ0v) is 54.9. The minimum Gasteiger partial charge on any atom is -0.506 e. The molecule has 10 aromatic rings. The van der Waals surface area contributed by atoms with Gasteiger partial charge in [-0.15, -0.1) is 0 Å². The highest BCUT2D eigenvalue weighted by Crippen LogP contribution is 2.46. The first-order valence-corrected chi connectivity index (χ1v) is 31.0. The highest BCUT2D eigenvalue weighted by Gasteiger charge is 2.51. The minimum absolute atomic E-state index is 0.000947. The molecule has 1 unspecified atom stereocenters. The molecule has 0 bridgehead atoms. The zero-order valence-electron chi connectivity index (χ0n) is 54.9. The van der Waals surface area contributed by atoms with Crippen molar-refractivity contribution in [1.82, 2.24) is 10.0 Å². The number of rotatable bonds is 18. The molecule has 0 aliphatic carbocycles. The largest absolute Gasteiger partial charge is 0.506 e. The summed E-state index contributed by atoms with van der Waals surface area (Å²) in [5.74, 6) is -1.55. The van der Waals surface area contributed by atoms with E-state index in [1.54, 1.807) is 152 Å². The van der Waals surface area contributed by atoms with Crippen LogP contribution in [-0.2, 0) is 9.59 Å². The smallest absolute Gasteiger partial charge is 0.350 e. The second-order valence-electron chi connectivity index (χ2n) is 23.2. The molecule has 0 spiro atoms. The monoisotopic (exact) mass is 1370 g/mol. The van der Waals surface area contributed by atoms with Crippen LogP contribution in [0, 0.1) is 25.6 Å². The van der Waals surface area contributed by atoms with Crippen molar-refractivity contribution in [1.29, 1.82) is 0 Å². The number of benzene rings is 10. The molecule has 2 fully saturated rings. The molecule has 2 aliphatic rings. The number of phenolic OH excluding ortho intramolecular Hbond substituents is 2. The van der Waals surface area contributed by atoms with E-state index in [9.17, 15) is 64.3 Å². The molecule has 28 heteroatoms. The van der Waals surface area contributed by atoms with Gasteiger partial charge in [0, 0.05) is 72.9 Å². The number of urea groups is 2.